The molecule has 0 radical (unpaired) electrons. The van der Waals surface area contributed by atoms with Crippen molar-refractivity contribution in [3.05, 3.63) is 0 Å². The van der Waals surface area contributed by atoms with E-state index >= 15 is 0 Å². The van der Waals surface area contributed by atoms with Gasteiger partial charge in [-0.05, 0) is 19.5 Å². The maximum atomic E-state index is 10.1. The fourth-order valence-corrected chi connectivity index (χ4v) is 1.07. The van der Waals surface area contributed by atoms with Crippen LogP contribution in [0.5, 0.6) is 0 Å². The Morgan fingerprint density at radius 2 is 1.83 bits per heavy atom. The Morgan fingerprint density at radius 1 is 1.08 bits per heavy atom. The molecule has 0 aliphatic rings. The Balaban J connectivity index is 3.46. The van der Waals surface area contributed by atoms with E-state index in [2.05, 4.69) is 4.90 Å². The third-order valence-electron chi connectivity index (χ3n) is 1.69. The van der Waals surface area contributed by atoms with Crippen LogP contribution in [0.3, 0.4) is 0 Å². The Labute approximate surface area is 73.9 Å². The molecule has 0 bridgehead atoms. The van der Waals surface area contributed by atoms with Crippen LogP contribution in [0.4, 0.5) is 0 Å². The van der Waals surface area contributed by atoms with E-state index < -0.39 is 0 Å². The molecule has 4 N–H and O–H groups in total. The number of hydrogen-bond donors (Lipinski definition) is 2. The van der Waals surface area contributed by atoms with Crippen molar-refractivity contribution in [1.29, 1.82) is 0 Å². The van der Waals surface area contributed by atoms with E-state index in [1.165, 1.54) is 0 Å². The molecule has 4 nitrogen and oxygen atoms in total. The molecule has 0 atom stereocenters. The first-order valence-corrected chi connectivity index (χ1v) is 4.41. The van der Waals surface area contributed by atoms with Crippen LogP contribution in [0.15, 0.2) is 0 Å². The first-order valence-electron chi connectivity index (χ1n) is 4.41. The highest BCUT2D eigenvalue weighted by Gasteiger charge is 2.01. The SMILES string of the molecule is NCCCN(CCN)CCC=O. The van der Waals surface area contributed by atoms with Crippen LogP contribution in [0.2, 0.25) is 0 Å². The molecule has 0 aromatic rings. The summed E-state index contributed by atoms with van der Waals surface area (Å²) in [6.07, 6.45) is 2.50. The summed E-state index contributed by atoms with van der Waals surface area (Å²) in [6.45, 7) is 3.95. The van der Waals surface area contributed by atoms with Gasteiger partial charge in [0.15, 0.2) is 0 Å². The maximum Gasteiger partial charge on any atom is 0.121 e. The monoisotopic (exact) mass is 173 g/mol. The van der Waals surface area contributed by atoms with E-state index in [-0.39, 0.29) is 0 Å². The van der Waals surface area contributed by atoms with Gasteiger partial charge in [0.05, 0.1) is 0 Å². The lowest BCUT2D eigenvalue weighted by molar-refractivity contribution is -0.108. The minimum absolute atomic E-state index is 0.588. The average Bonchev–Trinajstić information content (AvgIpc) is 2.10. The third kappa shape index (κ3) is 6.27. The lowest BCUT2D eigenvalue weighted by Crippen LogP contribution is -2.32. The summed E-state index contributed by atoms with van der Waals surface area (Å²) in [5.41, 5.74) is 10.8. The number of aldehydes is 1. The van der Waals surface area contributed by atoms with Crippen LogP contribution >= 0.6 is 0 Å². The molecule has 12 heavy (non-hydrogen) atoms. The van der Waals surface area contributed by atoms with E-state index in [9.17, 15) is 4.79 Å². The van der Waals surface area contributed by atoms with Gasteiger partial charge in [-0.1, -0.05) is 0 Å². The molecule has 0 saturated carbocycles. The second kappa shape index (κ2) is 8.64. The Kier molecular flexibility index (Phi) is 8.32. The zero-order valence-electron chi connectivity index (χ0n) is 7.54. The summed E-state index contributed by atoms with van der Waals surface area (Å²) in [5.74, 6) is 0. The second-order valence-electron chi connectivity index (χ2n) is 2.73. The number of nitrogens with zero attached hydrogens (tertiary/aromatic N) is 1. The molecule has 0 aromatic heterocycles. The highest BCUT2D eigenvalue weighted by molar-refractivity contribution is 5.49. The summed E-state index contributed by atoms with van der Waals surface area (Å²) in [4.78, 5) is 12.3. The highest BCUT2D eigenvalue weighted by Crippen LogP contribution is 1.91. The summed E-state index contributed by atoms with van der Waals surface area (Å²) in [7, 11) is 0. The van der Waals surface area contributed by atoms with Crippen molar-refractivity contribution in [3.63, 3.8) is 0 Å². The predicted octanol–water partition coefficient (Wildman–Crippen LogP) is -0.815. The van der Waals surface area contributed by atoms with Gasteiger partial charge in [0, 0.05) is 26.1 Å². The minimum atomic E-state index is 0.588. The molecule has 0 amide bonds. The van der Waals surface area contributed by atoms with Crippen molar-refractivity contribution >= 4 is 6.29 Å². The smallest absolute Gasteiger partial charge is 0.121 e. The van der Waals surface area contributed by atoms with E-state index in [1.807, 2.05) is 0 Å². The van der Waals surface area contributed by atoms with Crippen LogP contribution in [0.25, 0.3) is 0 Å². The molecule has 0 spiro atoms. The van der Waals surface area contributed by atoms with Crippen molar-refractivity contribution in [2.75, 3.05) is 32.7 Å². The molecule has 72 valence electrons. The van der Waals surface area contributed by atoms with Crippen LogP contribution in [0, 0.1) is 0 Å². The van der Waals surface area contributed by atoms with Gasteiger partial charge in [-0.3, -0.25) is 0 Å². The Bertz CT molecular complexity index is 108. The van der Waals surface area contributed by atoms with Crippen molar-refractivity contribution in [1.82, 2.24) is 4.90 Å². The first kappa shape index (κ1) is 11.6. The molecular weight excluding hydrogens is 154 g/mol. The molecule has 4 heteroatoms. The van der Waals surface area contributed by atoms with Gasteiger partial charge >= 0.3 is 0 Å². The van der Waals surface area contributed by atoms with Crippen molar-refractivity contribution < 1.29 is 4.79 Å². The topological polar surface area (TPSA) is 72.3 Å². The molecule has 0 aliphatic carbocycles. The van der Waals surface area contributed by atoms with Gasteiger partial charge in [0.1, 0.15) is 6.29 Å². The highest BCUT2D eigenvalue weighted by atomic mass is 16.1. The van der Waals surface area contributed by atoms with Crippen molar-refractivity contribution in [2.45, 2.75) is 12.8 Å². The largest absolute Gasteiger partial charge is 0.330 e. The number of hydrogen-bond acceptors (Lipinski definition) is 4. The van der Waals surface area contributed by atoms with E-state index in [1.54, 1.807) is 0 Å². The van der Waals surface area contributed by atoms with Crippen LogP contribution in [0.1, 0.15) is 12.8 Å². The lowest BCUT2D eigenvalue weighted by atomic mass is 10.3. The molecule has 0 aliphatic heterocycles. The zero-order valence-corrected chi connectivity index (χ0v) is 7.54. The second-order valence-corrected chi connectivity index (χ2v) is 2.73. The molecule has 0 fully saturated rings. The van der Waals surface area contributed by atoms with Crippen molar-refractivity contribution in [3.8, 4) is 0 Å². The molecule has 0 aromatic carbocycles. The first-order chi connectivity index (χ1) is 5.85. The molecule has 0 unspecified atom stereocenters. The fourth-order valence-electron chi connectivity index (χ4n) is 1.07. The van der Waals surface area contributed by atoms with Gasteiger partial charge in [0.25, 0.3) is 0 Å². The van der Waals surface area contributed by atoms with E-state index in [0.717, 1.165) is 32.3 Å². The van der Waals surface area contributed by atoms with Gasteiger partial charge in [-0.25, -0.2) is 0 Å². The summed E-state index contributed by atoms with van der Waals surface area (Å²) >= 11 is 0. The maximum absolute atomic E-state index is 10.1. The number of rotatable bonds is 8. The van der Waals surface area contributed by atoms with Crippen molar-refractivity contribution in [2.24, 2.45) is 11.5 Å². The lowest BCUT2D eigenvalue weighted by Gasteiger charge is -2.19. The number of nitrogens with two attached hydrogens (primary N) is 2. The molecular formula is C8H19N3O. The van der Waals surface area contributed by atoms with Gasteiger partial charge in [-0.2, -0.15) is 0 Å². The quantitative estimate of drug-likeness (QED) is 0.471. The van der Waals surface area contributed by atoms with Crippen LogP contribution < -0.4 is 11.5 Å². The van der Waals surface area contributed by atoms with Crippen LogP contribution in [-0.2, 0) is 4.79 Å². The zero-order chi connectivity index (χ0) is 9.23. The molecule has 0 heterocycles. The Hall–Kier alpha value is -0.450. The summed E-state index contributed by atoms with van der Waals surface area (Å²) in [6, 6.07) is 0. The summed E-state index contributed by atoms with van der Waals surface area (Å²) < 4.78 is 0. The normalized spacial score (nSPS) is 10.6. The summed E-state index contributed by atoms with van der Waals surface area (Å²) in [5, 5.41) is 0. The van der Waals surface area contributed by atoms with Gasteiger partial charge in [-0.15, -0.1) is 0 Å². The standard InChI is InChI=1S/C8H19N3O/c9-3-1-5-11(7-4-10)6-2-8-12/h8H,1-7,9-10H2. The number of carbonyl (C=O) groups excluding carboxylic acids is 1. The van der Waals surface area contributed by atoms with E-state index in [0.29, 0.717) is 19.5 Å². The predicted molar refractivity (Wildman–Crippen MR) is 49.8 cm³/mol. The van der Waals surface area contributed by atoms with E-state index in [4.69, 9.17) is 11.5 Å². The number of carbonyl (C=O) groups is 1. The Morgan fingerprint density at radius 3 is 2.33 bits per heavy atom. The third-order valence-corrected chi connectivity index (χ3v) is 1.69. The van der Waals surface area contributed by atoms with Gasteiger partial charge < -0.3 is 21.2 Å². The minimum Gasteiger partial charge on any atom is -0.330 e. The average molecular weight is 173 g/mol. The molecule has 0 saturated heterocycles. The fraction of sp³-hybridized carbons (Fsp3) is 0.875. The van der Waals surface area contributed by atoms with Gasteiger partial charge in [0.2, 0.25) is 0 Å². The molecule has 0 rings (SSSR count). The van der Waals surface area contributed by atoms with Crippen LogP contribution in [-0.4, -0.2) is 43.9 Å².